The number of aromatic carboxylic acids is 1. The number of hydrogen-bond donors (Lipinski definition) is 2. The number of carbonyl (C=O) groups is 1. The first-order valence-electron chi connectivity index (χ1n) is 2.83. The van der Waals surface area contributed by atoms with Crippen molar-refractivity contribution in [3.63, 3.8) is 0 Å². The van der Waals surface area contributed by atoms with Crippen molar-refractivity contribution < 1.29 is 19.4 Å². The van der Waals surface area contributed by atoms with Crippen molar-refractivity contribution in [3.8, 4) is 5.75 Å². The van der Waals surface area contributed by atoms with Gasteiger partial charge in [-0.1, -0.05) is 0 Å². The molecule has 2 N–H and O–H groups in total. The van der Waals surface area contributed by atoms with Gasteiger partial charge in [0.05, 0.1) is 0 Å². The minimum absolute atomic E-state index is 0. The first-order valence-corrected chi connectivity index (χ1v) is 2.83. The molecular weight excluding hydrogens is 187 g/mol. The minimum Gasteiger partial charge on any atom is -0.507 e. The van der Waals surface area contributed by atoms with Crippen LogP contribution in [0.4, 0.5) is 4.39 Å². The van der Waals surface area contributed by atoms with Crippen molar-refractivity contribution in [2.45, 2.75) is 0 Å². The van der Waals surface area contributed by atoms with E-state index in [0.717, 1.165) is 18.2 Å². The van der Waals surface area contributed by atoms with Crippen LogP contribution in [0, 0.1) is 5.82 Å². The van der Waals surface area contributed by atoms with E-state index in [2.05, 4.69) is 0 Å². The molecule has 12 heavy (non-hydrogen) atoms. The summed E-state index contributed by atoms with van der Waals surface area (Å²) >= 11 is 0. The van der Waals surface area contributed by atoms with Gasteiger partial charge < -0.3 is 10.2 Å². The van der Waals surface area contributed by atoms with Crippen LogP contribution in [-0.2, 0) is 0 Å². The van der Waals surface area contributed by atoms with E-state index in [1.165, 1.54) is 0 Å². The van der Waals surface area contributed by atoms with Crippen molar-refractivity contribution in [3.05, 3.63) is 29.6 Å². The molecule has 0 radical (unpaired) electrons. The Morgan fingerprint density at radius 2 is 2.00 bits per heavy atom. The fourth-order valence-corrected chi connectivity index (χ4v) is 0.686. The van der Waals surface area contributed by atoms with Crippen molar-refractivity contribution >= 4 is 18.4 Å². The molecule has 0 spiro atoms. The molecule has 1 aromatic rings. The highest BCUT2D eigenvalue weighted by atomic mass is 35.5. The maximum absolute atomic E-state index is 12.3. The monoisotopic (exact) mass is 192 g/mol. The number of hydrogen-bond acceptors (Lipinski definition) is 2. The zero-order valence-corrected chi connectivity index (χ0v) is 6.64. The Balaban J connectivity index is 0.00000121. The molecule has 0 aliphatic carbocycles. The molecule has 0 atom stereocenters. The number of carboxylic acid groups (broad SMARTS) is 1. The lowest BCUT2D eigenvalue weighted by Crippen LogP contribution is -1.96. The molecule has 0 aromatic heterocycles. The van der Waals surface area contributed by atoms with Crippen LogP contribution >= 0.6 is 12.4 Å². The standard InChI is InChI=1S/C7H5FO3.ClH/c8-4-1-2-5(7(10)11)6(9)3-4;/h1-3,9H,(H,10,11);1H. The average molecular weight is 193 g/mol. The number of benzene rings is 1. The van der Waals surface area contributed by atoms with E-state index in [1.54, 1.807) is 0 Å². The van der Waals surface area contributed by atoms with Crippen LogP contribution in [-0.4, -0.2) is 16.2 Å². The smallest absolute Gasteiger partial charge is 0.339 e. The summed E-state index contributed by atoms with van der Waals surface area (Å²) in [4.78, 5) is 10.3. The Kier molecular flexibility index (Phi) is 3.50. The Hall–Kier alpha value is -1.29. The molecule has 0 amide bonds. The fraction of sp³-hybridized carbons (Fsp3) is 0. The second-order valence-electron chi connectivity index (χ2n) is 1.97. The van der Waals surface area contributed by atoms with E-state index in [9.17, 15) is 9.18 Å². The van der Waals surface area contributed by atoms with Gasteiger partial charge in [-0.05, 0) is 12.1 Å². The molecule has 0 aliphatic heterocycles. The Bertz CT molecular complexity index is 301. The van der Waals surface area contributed by atoms with Gasteiger partial charge in [0.2, 0.25) is 0 Å². The van der Waals surface area contributed by atoms with Gasteiger partial charge >= 0.3 is 5.97 Å². The van der Waals surface area contributed by atoms with Crippen molar-refractivity contribution in [1.82, 2.24) is 0 Å². The Morgan fingerprint density at radius 3 is 2.42 bits per heavy atom. The topological polar surface area (TPSA) is 57.5 Å². The summed E-state index contributed by atoms with van der Waals surface area (Å²) in [5.41, 5.74) is -0.300. The van der Waals surface area contributed by atoms with Crippen molar-refractivity contribution in [1.29, 1.82) is 0 Å². The number of aromatic hydroxyl groups is 1. The highest BCUT2D eigenvalue weighted by Gasteiger charge is 2.08. The molecule has 3 nitrogen and oxygen atoms in total. The number of rotatable bonds is 1. The average Bonchev–Trinajstić information content (AvgIpc) is 1.85. The van der Waals surface area contributed by atoms with E-state index in [0.29, 0.717) is 0 Å². The summed E-state index contributed by atoms with van der Waals surface area (Å²) in [6.45, 7) is 0. The van der Waals surface area contributed by atoms with Gasteiger partial charge in [-0.25, -0.2) is 9.18 Å². The van der Waals surface area contributed by atoms with Gasteiger partial charge in [0.25, 0.3) is 0 Å². The normalized spacial score (nSPS) is 8.75. The van der Waals surface area contributed by atoms with Gasteiger partial charge in [0, 0.05) is 6.07 Å². The molecule has 66 valence electrons. The van der Waals surface area contributed by atoms with Gasteiger partial charge in [-0.15, -0.1) is 12.4 Å². The SMILES string of the molecule is Cl.O=C(O)c1ccc(F)cc1O. The predicted molar refractivity (Wildman–Crippen MR) is 42.3 cm³/mol. The van der Waals surface area contributed by atoms with Gasteiger partial charge in [-0.2, -0.15) is 0 Å². The molecule has 1 aromatic carbocycles. The summed E-state index contributed by atoms with van der Waals surface area (Å²) < 4.78 is 12.3. The summed E-state index contributed by atoms with van der Waals surface area (Å²) in [5.74, 6) is -2.49. The second-order valence-corrected chi connectivity index (χ2v) is 1.97. The van der Waals surface area contributed by atoms with Crippen molar-refractivity contribution in [2.75, 3.05) is 0 Å². The zero-order chi connectivity index (χ0) is 8.43. The van der Waals surface area contributed by atoms with Crippen LogP contribution in [0.25, 0.3) is 0 Å². The summed E-state index contributed by atoms with van der Waals surface area (Å²) in [7, 11) is 0. The number of phenols is 1. The third kappa shape index (κ3) is 2.10. The lowest BCUT2D eigenvalue weighted by atomic mass is 10.2. The molecular formula is C7H6ClFO3. The molecule has 5 heteroatoms. The largest absolute Gasteiger partial charge is 0.507 e. The van der Waals surface area contributed by atoms with Crippen LogP contribution in [0.15, 0.2) is 18.2 Å². The first-order chi connectivity index (χ1) is 5.11. The Morgan fingerprint density at radius 1 is 1.42 bits per heavy atom. The Labute approximate surface area is 73.9 Å². The summed E-state index contributed by atoms with van der Waals surface area (Å²) in [6, 6.07) is 2.74. The molecule has 0 saturated carbocycles. The third-order valence-corrected chi connectivity index (χ3v) is 1.19. The summed E-state index contributed by atoms with van der Waals surface area (Å²) in [5, 5.41) is 17.2. The molecule has 1 rings (SSSR count). The van der Waals surface area contributed by atoms with E-state index in [4.69, 9.17) is 10.2 Å². The molecule has 0 saturated heterocycles. The van der Waals surface area contributed by atoms with E-state index in [-0.39, 0.29) is 18.0 Å². The highest BCUT2D eigenvalue weighted by Crippen LogP contribution is 2.17. The van der Waals surface area contributed by atoms with Gasteiger partial charge in [-0.3, -0.25) is 0 Å². The molecule has 0 heterocycles. The van der Waals surface area contributed by atoms with E-state index < -0.39 is 17.5 Å². The number of carboxylic acids is 1. The third-order valence-electron chi connectivity index (χ3n) is 1.19. The van der Waals surface area contributed by atoms with Gasteiger partial charge in [0.15, 0.2) is 0 Å². The minimum atomic E-state index is -1.28. The second kappa shape index (κ2) is 3.92. The quantitative estimate of drug-likeness (QED) is 0.711. The van der Waals surface area contributed by atoms with Gasteiger partial charge in [0.1, 0.15) is 17.1 Å². The van der Waals surface area contributed by atoms with Crippen LogP contribution in [0.3, 0.4) is 0 Å². The highest BCUT2D eigenvalue weighted by molar-refractivity contribution is 5.90. The summed E-state index contributed by atoms with van der Waals surface area (Å²) in [6.07, 6.45) is 0. The molecule has 0 aliphatic rings. The van der Waals surface area contributed by atoms with Crippen LogP contribution in [0.1, 0.15) is 10.4 Å². The lowest BCUT2D eigenvalue weighted by molar-refractivity contribution is 0.0693. The molecule has 0 fully saturated rings. The van der Waals surface area contributed by atoms with Crippen LogP contribution < -0.4 is 0 Å². The zero-order valence-electron chi connectivity index (χ0n) is 5.82. The first kappa shape index (κ1) is 10.7. The maximum Gasteiger partial charge on any atom is 0.339 e. The van der Waals surface area contributed by atoms with Crippen LogP contribution in [0.2, 0.25) is 0 Å². The molecule has 0 bridgehead atoms. The van der Waals surface area contributed by atoms with E-state index >= 15 is 0 Å². The lowest BCUT2D eigenvalue weighted by Gasteiger charge is -1.96. The van der Waals surface area contributed by atoms with E-state index in [1.807, 2.05) is 0 Å². The van der Waals surface area contributed by atoms with Crippen molar-refractivity contribution in [2.24, 2.45) is 0 Å². The maximum atomic E-state index is 12.3. The number of halogens is 2. The van der Waals surface area contributed by atoms with Crippen LogP contribution in [0.5, 0.6) is 5.75 Å². The molecule has 0 unspecified atom stereocenters. The fourth-order valence-electron chi connectivity index (χ4n) is 0.686. The predicted octanol–water partition coefficient (Wildman–Crippen LogP) is 1.65.